The number of thioether (sulfide) groups is 1. The van der Waals surface area contributed by atoms with E-state index in [2.05, 4.69) is 5.32 Å². The molecule has 0 aromatic heterocycles. The van der Waals surface area contributed by atoms with Crippen molar-refractivity contribution in [2.45, 2.75) is 6.42 Å². The smallest absolute Gasteiger partial charge is 0.230 e. The molecule has 5 heteroatoms. The molecule has 0 rings (SSSR count). The highest BCUT2D eigenvalue weighted by molar-refractivity contribution is 7.99. The van der Waals surface area contributed by atoms with Crippen molar-refractivity contribution in [3.8, 4) is 0 Å². The van der Waals surface area contributed by atoms with E-state index in [9.17, 15) is 4.79 Å². The van der Waals surface area contributed by atoms with Crippen LogP contribution in [0, 0.1) is 0 Å². The monoisotopic (exact) mass is 207 g/mol. The lowest BCUT2D eigenvalue weighted by molar-refractivity contribution is -0.118. The SMILES string of the molecule is COCCCSCC(=O)NCCO. The molecule has 0 saturated carbocycles. The van der Waals surface area contributed by atoms with Gasteiger partial charge in [0, 0.05) is 20.3 Å². The van der Waals surface area contributed by atoms with Crippen molar-refractivity contribution in [2.24, 2.45) is 0 Å². The molecule has 0 aromatic rings. The molecule has 0 unspecified atom stereocenters. The Morgan fingerprint density at radius 2 is 2.38 bits per heavy atom. The second-order valence-corrected chi connectivity index (χ2v) is 3.58. The fourth-order valence-electron chi connectivity index (χ4n) is 0.717. The van der Waals surface area contributed by atoms with E-state index in [0.717, 1.165) is 18.8 Å². The molecule has 1 amide bonds. The molecule has 0 bridgehead atoms. The second-order valence-electron chi connectivity index (χ2n) is 2.47. The maximum Gasteiger partial charge on any atom is 0.230 e. The predicted octanol–water partition coefficient (Wildman–Crippen LogP) is -0.135. The van der Waals surface area contributed by atoms with Gasteiger partial charge in [-0.2, -0.15) is 11.8 Å². The van der Waals surface area contributed by atoms with Gasteiger partial charge in [-0.25, -0.2) is 0 Å². The van der Waals surface area contributed by atoms with Crippen LogP contribution in [0.15, 0.2) is 0 Å². The minimum absolute atomic E-state index is 0.0000807. The largest absolute Gasteiger partial charge is 0.395 e. The Hall–Kier alpha value is -0.260. The second kappa shape index (κ2) is 9.83. The van der Waals surface area contributed by atoms with Crippen LogP contribution in [-0.4, -0.2) is 49.4 Å². The average molecular weight is 207 g/mol. The highest BCUT2D eigenvalue weighted by atomic mass is 32.2. The van der Waals surface area contributed by atoms with Gasteiger partial charge >= 0.3 is 0 Å². The van der Waals surface area contributed by atoms with Crippen molar-refractivity contribution in [1.29, 1.82) is 0 Å². The number of ether oxygens (including phenoxy) is 1. The van der Waals surface area contributed by atoms with Gasteiger partial charge in [-0.1, -0.05) is 0 Å². The number of hydrogen-bond acceptors (Lipinski definition) is 4. The highest BCUT2D eigenvalue weighted by Gasteiger charge is 1.99. The number of aliphatic hydroxyl groups is 1. The van der Waals surface area contributed by atoms with Gasteiger partial charge in [0.25, 0.3) is 0 Å². The van der Waals surface area contributed by atoms with Gasteiger partial charge in [0.2, 0.25) is 5.91 Å². The molecule has 0 saturated heterocycles. The van der Waals surface area contributed by atoms with Crippen molar-refractivity contribution in [1.82, 2.24) is 5.32 Å². The van der Waals surface area contributed by atoms with Crippen LogP contribution < -0.4 is 5.32 Å². The minimum atomic E-state index is -0.0172. The Balaban J connectivity index is 3.08. The Kier molecular flexibility index (Phi) is 9.63. The molecule has 0 heterocycles. The summed E-state index contributed by atoms with van der Waals surface area (Å²) in [5.41, 5.74) is 0. The molecule has 0 aliphatic rings. The van der Waals surface area contributed by atoms with Gasteiger partial charge in [-0.05, 0) is 12.2 Å². The number of amides is 1. The van der Waals surface area contributed by atoms with E-state index in [0.29, 0.717) is 12.3 Å². The van der Waals surface area contributed by atoms with Crippen LogP contribution in [-0.2, 0) is 9.53 Å². The highest BCUT2D eigenvalue weighted by Crippen LogP contribution is 2.01. The molecule has 0 aromatic carbocycles. The van der Waals surface area contributed by atoms with Crippen LogP contribution >= 0.6 is 11.8 Å². The van der Waals surface area contributed by atoms with Crippen LogP contribution in [0.5, 0.6) is 0 Å². The third-order valence-corrected chi connectivity index (χ3v) is 2.35. The van der Waals surface area contributed by atoms with Gasteiger partial charge in [-0.3, -0.25) is 4.79 Å². The van der Waals surface area contributed by atoms with Crippen LogP contribution in [0.2, 0.25) is 0 Å². The summed E-state index contributed by atoms with van der Waals surface area (Å²) >= 11 is 1.58. The normalized spacial score (nSPS) is 10.0. The summed E-state index contributed by atoms with van der Waals surface area (Å²) in [7, 11) is 1.67. The summed E-state index contributed by atoms with van der Waals surface area (Å²) in [6, 6.07) is 0. The molecule has 0 aliphatic heterocycles. The summed E-state index contributed by atoms with van der Waals surface area (Å²) in [6.07, 6.45) is 0.967. The number of methoxy groups -OCH3 is 1. The van der Waals surface area contributed by atoms with Gasteiger partial charge in [0.05, 0.1) is 12.4 Å². The van der Waals surface area contributed by atoms with E-state index in [-0.39, 0.29) is 12.5 Å². The summed E-state index contributed by atoms with van der Waals surface area (Å²) in [6.45, 7) is 1.09. The van der Waals surface area contributed by atoms with E-state index >= 15 is 0 Å². The van der Waals surface area contributed by atoms with Crippen molar-refractivity contribution >= 4 is 17.7 Å². The fourth-order valence-corrected chi connectivity index (χ4v) is 1.47. The topological polar surface area (TPSA) is 58.6 Å². The van der Waals surface area contributed by atoms with Crippen LogP contribution in [0.25, 0.3) is 0 Å². The first-order valence-corrected chi connectivity index (χ1v) is 5.41. The fraction of sp³-hybridized carbons (Fsp3) is 0.875. The van der Waals surface area contributed by atoms with Crippen molar-refractivity contribution < 1.29 is 14.6 Å². The number of carbonyl (C=O) groups is 1. The first-order chi connectivity index (χ1) is 6.31. The lowest BCUT2D eigenvalue weighted by atomic mass is 10.5. The van der Waals surface area contributed by atoms with Crippen LogP contribution in [0.1, 0.15) is 6.42 Å². The van der Waals surface area contributed by atoms with E-state index in [1.165, 1.54) is 0 Å². The number of nitrogens with one attached hydrogen (secondary N) is 1. The molecule has 0 atom stereocenters. The average Bonchev–Trinajstić information content (AvgIpc) is 2.14. The van der Waals surface area contributed by atoms with E-state index in [1.54, 1.807) is 18.9 Å². The molecule has 0 radical (unpaired) electrons. The number of carbonyl (C=O) groups excluding carboxylic acids is 1. The van der Waals surface area contributed by atoms with Crippen LogP contribution in [0.4, 0.5) is 0 Å². The Morgan fingerprint density at radius 1 is 1.62 bits per heavy atom. The zero-order valence-corrected chi connectivity index (χ0v) is 8.73. The van der Waals surface area contributed by atoms with Gasteiger partial charge < -0.3 is 15.2 Å². The van der Waals surface area contributed by atoms with Crippen molar-refractivity contribution in [3.05, 3.63) is 0 Å². The molecule has 0 spiro atoms. The molecule has 78 valence electrons. The quantitative estimate of drug-likeness (QED) is 0.544. The van der Waals surface area contributed by atoms with E-state index in [1.807, 2.05) is 0 Å². The summed E-state index contributed by atoms with van der Waals surface area (Å²) in [4.78, 5) is 11.0. The summed E-state index contributed by atoms with van der Waals surface area (Å²) < 4.78 is 4.87. The third-order valence-electron chi connectivity index (χ3n) is 1.30. The maximum absolute atomic E-state index is 11.0. The first kappa shape index (κ1) is 12.7. The Bertz CT molecular complexity index is 133. The molecule has 13 heavy (non-hydrogen) atoms. The van der Waals surface area contributed by atoms with Crippen LogP contribution in [0.3, 0.4) is 0 Å². The van der Waals surface area contributed by atoms with E-state index in [4.69, 9.17) is 9.84 Å². The van der Waals surface area contributed by atoms with Crippen molar-refractivity contribution in [3.63, 3.8) is 0 Å². The molecular weight excluding hydrogens is 190 g/mol. The third kappa shape index (κ3) is 9.66. The number of hydrogen-bond donors (Lipinski definition) is 2. The Morgan fingerprint density at radius 3 is 3.00 bits per heavy atom. The van der Waals surface area contributed by atoms with Gasteiger partial charge in [-0.15, -0.1) is 0 Å². The lowest BCUT2D eigenvalue weighted by Gasteiger charge is -2.02. The number of rotatable bonds is 8. The maximum atomic E-state index is 11.0. The summed E-state index contributed by atoms with van der Waals surface area (Å²) in [5.74, 6) is 1.38. The molecule has 4 nitrogen and oxygen atoms in total. The van der Waals surface area contributed by atoms with Gasteiger partial charge in [0.1, 0.15) is 0 Å². The number of aliphatic hydroxyl groups excluding tert-OH is 1. The van der Waals surface area contributed by atoms with Gasteiger partial charge in [0.15, 0.2) is 0 Å². The Labute approximate surface area is 83.0 Å². The molecule has 2 N–H and O–H groups in total. The molecule has 0 fully saturated rings. The van der Waals surface area contributed by atoms with E-state index < -0.39 is 0 Å². The lowest BCUT2D eigenvalue weighted by Crippen LogP contribution is -2.28. The molecule has 0 aliphatic carbocycles. The standard InChI is InChI=1S/C8H17NO3S/c1-12-5-2-6-13-7-8(11)9-3-4-10/h10H,2-7H2,1H3,(H,9,11). The zero-order valence-electron chi connectivity index (χ0n) is 7.91. The first-order valence-electron chi connectivity index (χ1n) is 4.25. The predicted molar refractivity (Wildman–Crippen MR) is 53.9 cm³/mol. The summed E-state index contributed by atoms with van der Waals surface area (Å²) in [5, 5.41) is 11.0. The molecular formula is C8H17NO3S. The van der Waals surface area contributed by atoms with Crippen molar-refractivity contribution in [2.75, 3.05) is 38.4 Å². The zero-order chi connectivity index (χ0) is 9.94. The minimum Gasteiger partial charge on any atom is -0.395 e.